The Balaban J connectivity index is 2.32. The molecule has 2 rings (SSSR count). The van der Waals surface area contributed by atoms with Crippen LogP contribution in [0.15, 0.2) is 18.5 Å². The predicted molar refractivity (Wildman–Crippen MR) is 75.3 cm³/mol. The minimum atomic E-state index is 0.344. The van der Waals surface area contributed by atoms with E-state index in [-0.39, 0.29) is 0 Å². The standard InChI is InChI=1S/C13H19ClN4/c1-9(2)11(4-5-14)17-13-7-10(3)6-12-15-8-16-18(12)13/h6-9,11,17H,4-5H2,1-3H3. The second-order valence-electron chi connectivity index (χ2n) is 4.92. The summed E-state index contributed by atoms with van der Waals surface area (Å²) in [6, 6.07) is 4.45. The summed E-state index contributed by atoms with van der Waals surface area (Å²) in [7, 11) is 0. The van der Waals surface area contributed by atoms with E-state index in [1.807, 2.05) is 10.6 Å². The SMILES string of the molecule is Cc1cc(NC(CCCl)C(C)C)n2ncnc2c1. The maximum Gasteiger partial charge on any atom is 0.157 e. The summed E-state index contributed by atoms with van der Waals surface area (Å²) in [5.41, 5.74) is 2.04. The van der Waals surface area contributed by atoms with Crippen molar-refractivity contribution in [2.75, 3.05) is 11.2 Å². The average Bonchev–Trinajstić information content (AvgIpc) is 2.76. The quantitative estimate of drug-likeness (QED) is 0.846. The molecule has 0 spiro atoms. The molecule has 0 bridgehead atoms. The molecule has 1 atom stereocenters. The lowest BCUT2D eigenvalue weighted by Gasteiger charge is -2.23. The summed E-state index contributed by atoms with van der Waals surface area (Å²) >= 11 is 5.86. The normalized spacial score (nSPS) is 13.2. The van der Waals surface area contributed by atoms with Crippen LogP contribution in [0.25, 0.3) is 5.65 Å². The van der Waals surface area contributed by atoms with Crippen LogP contribution >= 0.6 is 11.6 Å². The second-order valence-corrected chi connectivity index (χ2v) is 5.30. The van der Waals surface area contributed by atoms with Gasteiger partial charge in [-0.05, 0) is 37.0 Å². The van der Waals surface area contributed by atoms with Crippen LogP contribution in [0.1, 0.15) is 25.8 Å². The Hall–Kier alpha value is -1.29. The molecule has 0 aliphatic heterocycles. The monoisotopic (exact) mass is 266 g/mol. The maximum atomic E-state index is 5.86. The molecule has 4 nitrogen and oxygen atoms in total. The lowest BCUT2D eigenvalue weighted by Crippen LogP contribution is -2.27. The van der Waals surface area contributed by atoms with E-state index in [0.29, 0.717) is 17.8 Å². The topological polar surface area (TPSA) is 42.2 Å². The molecule has 18 heavy (non-hydrogen) atoms. The fourth-order valence-corrected chi connectivity index (χ4v) is 2.27. The molecule has 0 fully saturated rings. The molecule has 0 saturated carbocycles. The van der Waals surface area contributed by atoms with Crippen LogP contribution in [0.2, 0.25) is 0 Å². The Morgan fingerprint density at radius 1 is 1.39 bits per heavy atom. The van der Waals surface area contributed by atoms with Crippen LogP contribution in [0.4, 0.5) is 5.82 Å². The Kier molecular flexibility index (Phi) is 4.07. The van der Waals surface area contributed by atoms with Crippen molar-refractivity contribution in [3.63, 3.8) is 0 Å². The number of anilines is 1. The van der Waals surface area contributed by atoms with Gasteiger partial charge in [0.25, 0.3) is 0 Å². The van der Waals surface area contributed by atoms with Crippen LogP contribution in [-0.2, 0) is 0 Å². The highest BCUT2D eigenvalue weighted by Gasteiger charge is 2.14. The number of aryl methyl sites for hydroxylation is 1. The zero-order valence-corrected chi connectivity index (χ0v) is 11.8. The molecular weight excluding hydrogens is 248 g/mol. The highest BCUT2D eigenvalue weighted by molar-refractivity contribution is 6.17. The van der Waals surface area contributed by atoms with Gasteiger partial charge < -0.3 is 5.32 Å². The second kappa shape index (κ2) is 5.57. The third-order valence-electron chi connectivity index (χ3n) is 3.08. The van der Waals surface area contributed by atoms with E-state index in [1.165, 1.54) is 5.56 Å². The lowest BCUT2D eigenvalue weighted by atomic mass is 10.0. The van der Waals surface area contributed by atoms with Gasteiger partial charge in [0.05, 0.1) is 0 Å². The Bertz CT molecular complexity index is 521. The summed E-state index contributed by atoms with van der Waals surface area (Å²) < 4.78 is 1.83. The van der Waals surface area contributed by atoms with Crippen LogP contribution in [0.5, 0.6) is 0 Å². The van der Waals surface area contributed by atoms with Gasteiger partial charge in [-0.15, -0.1) is 11.6 Å². The number of nitrogens with one attached hydrogen (secondary N) is 1. The number of pyridine rings is 1. The van der Waals surface area contributed by atoms with Gasteiger partial charge in [0.1, 0.15) is 12.1 Å². The van der Waals surface area contributed by atoms with Crippen molar-refractivity contribution in [1.82, 2.24) is 14.6 Å². The van der Waals surface area contributed by atoms with Gasteiger partial charge in [-0.3, -0.25) is 0 Å². The number of hydrogen-bond acceptors (Lipinski definition) is 3. The van der Waals surface area contributed by atoms with Crippen LogP contribution < -0.4 is 5.32 Å². The van der Waals surface area contributed by atoms with Crippen molar-refractivity contribution >= 4 is 23.1 Å². The zero-order chi connectivity index (χ0) is 13.1. The first kappa shape index (κ1) is 13.1. The highest BCUT2D eigenvalue weighted by atomic mass is 35.5. The van der Waals surface area contributed by atoms with Crippen molar-refractivity contribution in [2.24, 2.45) is 5.92 Å². The van der Waals surface area contributed by atoms with Gasteiger partial charge in [0.2, 0.25) is 0 Å². The molecule has 98 valence electrons. The van der Waals surface area contributed by atoms with E-state index in [4.69, 9.17) is 11.6 Å². The molecule has 0 aliphatic carbocycles. The van der Waals surface area contributed by atoms with Crippen molar-refractivity contribution in [3.8, 4) is 0 Å². The molecule has 0 aliphatic rings. The van der Waals surface area contributed by atoms with Gasteiger partial charge >= 0.3 is 0 Å². The summed E-state index contributed by atoms with van der Waals surface area (Å²) in [4.78, 5) is 4.22. The molecule has 0 aromatic carbocycles. The molecule has 5 heteroatoms. The molecule has 1 N–H and O–H groups in total. The van der Waals surface area contributed by atoms with Crippen molar-refractivity contribution < 1.29 is 0 Å². The molecule has 2 aromatic heterocycles. The Morgan fingerprint density at radius 3 is 2.83 bits per heavy atom. The van der Waals surface area contributed by atoms with Gasteiger partial charge in [-0.1, -0.05) is 13.8 Å². The molecule has 0 saturated heterocycles. The van der Waals surface area contributed by atoms with E-state index < -0.39 is 0 Å². The zero-order valence-electron chi connectivity index (χ0n) is 11.0. The molecule has 0 amide bonds. The van der Waals surface area contributed by atoms with Crippen molar-refractivity contribution in [2.45, 2.75) is 33.2 Å². The minimum absolute atomic E-state index is 0.344. The third kappa shape index (κ3) is 2.75. The smallest absolute Gasteiger partial charge is 0.157 e. The minimum Gasteiger partial charge on any atom is -0.367 e. The first-order valence-corrected chi connectivity index (χ1v) is 6.78. The van der Waals surface area contributed by atoms with Crippen LogP contribution in [-0.4, -0.2) is 26.5 Å². The summed E-state index contributed by atoms with van der Waals surface area (Å²) in [5, 5.41) is 7.77. The predicted octanol–water partition coefficient (Wildman–Crippen LogP) is 3.10. The number of fused-ring (bicyclic) bond motifs is 1. The van der Waals surface area contributed by atoms with E-state index in [9.17, 15) is 0 Å². The number of alkyl halides is 1. The summed E-state index contributed by atoms with van der Waals surface area (Å²) in [5.74, 6) is 2.15. The molecular formula is C13H19ClN4. The molecule has 2 aromatic rings. The van der Waals surface area contributed by atoms with Gasteiger partial charge in [0, 0.05) is 11.9 Å². The fraction of sp³-hybridized carbons (Fsp3) is 0.538. The molecule has 0 radical (unpaired) electrons. The maximum absolute atomic E-state index is 5.86. The number of rotatable bonds is 5. The highest BCUT2D eigenvalue weighted by Crippen LogP contribution is 2.18. The van der Waals surface area contributed by atoms with E-state index in [1.54, 1.807) is 6.33 Å². The first-order valence-electron chi connectivity index (χ1n) is 6.24. The number of nitrogens with zero attached hydrogens (tertiary/aromatic N) is 3. The molecule has 2 heterocycles. The Morgan fingerprint density at radius 2 is 2.17 bits per heavy atom. The number of hydrogen-bond donors (Lipinski definition) is 1. The molecule has 1 unspecified atom stereocenters. The van der Waals surface area contributed by atoms with Gasteiger partial charge in [-0.25, -0.2) is 4.98 Å². The van der Waals surface area contributed by atoms with E-state index >= 15 is 0 Å². The average molecular weight is 267 g/mol. The fourth-order valence-electron chi connectivity index (χ4n) is 2.04. The summed E-state index contributed by atoms with van der Waals surface area (Å²) in [6.07, 6.45) is 2.51. The van der Waals surface area contributed by atoms with Crippen LogP contribution in [0, 0.1) is 12.8 Å². The third-order valence-corrected chi connectivity index (χ3v) is 3.30. The van der Waals surface area contributed by atoms with Gasteiger partial charge in [-0.2, -0.15) is 9.61 Å². The van der Waals surface area contributed by atoms with Gasteiger partial charge in [0.15, 0.2) is 5.65 Å². The van der Waals surface area contributed by atoms with E-state index in [2.05, 4.69) is 42.2 Å². The van der Waals surface area contributed by atoms with E-state index in [0.717, 1.165) is 17.9 Å². The summed E-state index contributed by atoms with van der Waals surface area (Å²) in [6.45, 7) is 6.45. The number of aromatic nitrogens is 3. The first-order chi connectivity index (χ1) is 8.61. The number of halogens is 1. The van der Waals surface area contributed by atoms with Crippen LogP contribution in [0.3, 0.4) is 0 Å². The van der Waals surface area contributed by atoms with Crippen molar-refractivity contribution in [3.05, 3.63) is 24.0 Å². The lowest BCUT2D eigenvalue weighted by molar-refractivity contribution is 0.510. The van der Waals surface area contributed by atoms with Crippen molar-refractivity contribution in [1.29, 1.82) is 0 Å². The Labute approximate surface area is 112 Å². The largest absolute Gasteiger partial charge is 0.367 e.